The van der Waals surface area contributed by atoms with Gasteiger partial charge in [-0.3, -0.25) is 0 Å². The monoisotopic (exact) mass is 730 g/mol. The van der Waals surface area contributed by atoms with Crippen LogP contribution in [0, 0.1) is 0 Å². The molecule has 0 atom stereocenters. The van der Waals surface area contributed by atoms with Gasteiger partial charge in [0.1, 0.15) is 0 Å². The van der Waals surface area contributed by atoms with E-state index in [4.69, 9.17) is 10.2 Å². The number of aliphatic hydroxyl groups is 2. The lowest BCUT2D eigenvalue weighted by Gasteiger charge is -2.38. The van der Waals surface area contributed by atoms with Crippen molar-refractivity contribution in [1.82, 2.24) is 0 Å². The van der Waals surface area contributed by atoms with Crippen LogP contribution in [0.1, 0.15) is 98.3 Å². The highest BCUT2D eigenvalue weighted by atomic mass is 19.4. The van der Waals surface area contributed by atoms with E-state index in [9.17, 15) is 79.0 Å². The number of ether oxygens (including phenoxy) is 1. The molecule has 0 aliphatic heterocycles. The molecule has 0 fully saturated rings. The zero-order chi connectivity index (χ0) is 36.6. The highest BCUT2D eigenvalue weighted by Crippen LogP contribution is 2.55. The van der Waals surface area contributed by atoms with Gasteiger partial charge in [-0.25, -0.2) is 0 Å². The van der Waals surface area contributed by atoms with Crippen LogP contribution in [0.3, 0.4) is 0 Å². The van der Waals surface area contributed by atoms with Crippen LogP contribution >= 0.6 is 0 Å². The molecule has 0 amide bonds. The molecule has 0 aliphatic carbocycles. The van der Waals surface area contributed by atoms with Crippen molar-refractivity contribution in [2.45, 2.75) is 147 Å². The minimum atomic E-state index is -6.87. The Balaban J connectivity index is -0.000000314. The minimum Gasteiger partial charge on any atom is -0.396 e. The summed E-state index contributed by atoms with van der Waals surface area (Å²) in [6.45, 7) is 3.20. The van der Waals surface area contributed by atoms with Crippen molar-refractivity contribution in [3.8, 4) is 0 Å². The maximum absolute atomic E-state index is 12.5. The van der Waals surface area contributed by atoms with Crippen molar-refractivity contribution in [3.05, 3.63) is 0 Å². The van der Waals surface area contributed by atoms with Crippen LogP contribution in [0.2, 0.25) is 0 Å². The van der Waals surface area contributed by atoms with Gasteiger partial charge in [-0.15, -0.1) is 0 Å². The van der Waals surface area contributed by atoms with E-state index in [0.29, 0.717) is 19.4 Å². The fraction of sp³-hybridized carbons (Fsp3) is 1.00. The molecule has 0 aromatic rings. The topological polar surface area (TPSA) is 49.7 Å². The quantitative estimate of drug-likeness (QED) is 0.138. The number of hydrogen-bond acceptors (Lipinski definition) is 3. The van der Waals surface area contributed by atoms with Gasteiger partial charge >= 0.3 is 48.3 Å². The zero-order valence-electron chi connectivity index (χ0n) is 24.0. The number of alkyl halides is 18. The Kier molecular flexibility index (Phi) is 23.3. The maximum Gasteiger partial charge on any atom is 0.435 e. The summed E-state index contributed by atoms with van der Waals surface area (Å²) in [5.41, 5.74) is -12.8. The summed E-state index contributed by atoms with van der Waals surface area (Å²) < 4.78 is 218. The Morgan fingerprint density at radius 3 is 0.891 bits per heavy atom. The van der Waals surface area contributed by atoms with Gasteiger partial charge < -0.3 is 14.9 Å². The van der Waals surface area contributed by atoms with E-state index in [0.717, 1.165) is 19.3 Å². The molecule has 0 aromatic carbocycles. The molecule has 46 heavy (non-hydrogen) atoms. The molecule has 284 valence electrons. The second-order valence-corrected chi connectivity index (χ2v) is 9.49. The third kappa shape index (κ3) is 15.7. The predicted molar refractivity (Wildman–Crippen MR) is 131 cm³/mol. The van der Waals surface area contributed by atoms with E-state index in [1.165, 1.54) is 32.1 Å². The van der Waals surface area contributed by atoms with E-state index in [-0.39, 0.29) is 20.3 Å². The number of aliphatic hydroxyl groups excluding tert-OH is 1. The molecule has 0 rings (SSSR count). The Hall–Kier alpha value is -1.38. The average molecular weight is 731 g/mol. The Morgan fingerprint density at radius 2 is 0.674 bits per heavy atom. The highest BCUT2D eigenvalue weighted by molar-refractivity contribution is 5.02. The molecule has 21 heteroatoms. The van der Waals surface area contributed by atoms with Gasteiger partial charge in [0.05, 0.1) is 0 Å². The first-order valence-corrected chi connectivity index (χ1v) is 13.3. The van der Waals surface area contributed by atoms with Crippen LogP contribution in [-0.2, 0) is 4.74 Å². The Bertz CT molecular complexity index is 672. The van der Waals surface area contributed by atoms with E-state index < -0.39 is 54.9 Å². The molecule has 0 spiro atoms. The SMILES string of the molecule is C.CCCCCCCCO.CCCCCCCCOC(C(F)(F)F)(C(F)(F)F)C(F)(F)F.OC(C(F)(F)F)(C(F)(F)F)C(F)(F)F. The molecular formula is C25H40F18O3. The normalized spacial score (nSPS) is 13.7. The molecule has 0 unspecified atom stereocenters. The standard InChI is InChI=1S/C12H17F9O.C8H18O.C4HF9O.CH4/c1-2-3-4-5-6-7-8-22-9(10(13,14)15,11(16,17)18)12(19,20)21;1-2-3-4-5-6-7-8-9;5-2(6,7)1(14,3(8,9)10)4(11,12)13;/h2-8H2,1H3;9H,2-8H2,1H3;14H;1H4. The summed E-state index contributed by atoms with van der Waals surface area (Å²) in [4.78, 5) is 0. The molecule has 0 heterocycles. The number of hydrogen-bond donors (Lipinski definition) is 2. The molecule has 2 N–H and O–H groups in total. The number of unbranched alkanes of at least 4 members (excludes halogenated alkanes) is 10. The summed E-state index contributed by atoms with van der Waals surface area (Å²) in [7, 11) is 0. The van der Waals surface area contributed by atoms with Crippen molar-refractivity contribution < 1.29 is 94.0 Å². The second-order valence-electron chi connectivity index (χ2n) is 9.49. The van der Waals surface area contributed by atoms with Gasteiger partial charge in [-0.2, -0.15) is 79.0 Å². The molecule has 0 bridgehead atoms. The van der Waals surface area contributed by atoms with E-state index >= 15 is 0 Å². The Morgan fingerprint density at radius 1 is 0.413 bits per heavy atom. The van der Waals surface area contributed by atoms with Crippen LogP contribution in [0.15, 0.2) is 0 Å². The molecule has 0 radical (unpaired) electrons. The lowest BCUT2D eigenvalue weighted by Crippen LogP contribution is -2.67. The van der Waals surface area contributed by atoms with Gasteiger partial charge in [0.25, 0.3) is 0 Å². The second kappa shape index (κ2) is 20.9. The Labute approximate surface area is 254 Å². The molecular weight excluding hydrogens is 690 g/mol. The smallest absolute Gasteiger partial charge is 0.396 e. The molecule has 0 saturated heterocycles. The fourth-order valence-electron chi connectivity index (χ4n) is 3.21. The summed E-state index contributed by atoms with van der Waals surface area (Å²) in [5, 5.41) is 16.1. The van der Waals surface area contributed by atoms with Gasteiger partial charge in [0.15, 0.2) is 0 Å². The molecule has 0 saturated carbocycles. The molecule has 0 aromatic heterocycles. The summed E-state index contributed by atoms with van der Waals surface area (Å²) >= 11 is 0. The van der Waals surface area contributed by atoms with E-state index in [1.807, 2.05) is 6.92 Å². The molecule has 3 nitrogen and oxygen atoms in total. The fourth-order valence-corrected chi connectivity index (χ4v) is 3.21. The van der Waals surface area contributed by atoms with Crippen LogP contribution in [0.25, 0.3) is 0 Å². The van der Waals surface area contributed by atoms with E-state index in [2.05, 4.69) is 11.7 Å². The van der Waals surface area contributed by atoms with Gasteiger partial charge in [0, 0.05) is 13.2 Å². The van der Waals surface area contributed by atoms with Gasteiger partial charge in [-0.1, -0.05) is 85.5 Å². The van der Waals surface area contributed by atoms with Gasteiger partial charge in [0.2, 0.25) is 0 Å². The third-order valence-electron chi connectivity index (χ3n) is 5.76. The first-order chi connectivity index (χ1) is 20.0. The van der Waals surface area contributed by atoms with E-state index in [1.54, 1.807) is 0 Å². The zero-order valence-corrected chi connectivity index (χ0v) is 24.0. The van der Waals surface area contributed by atoms with Crippen molar-refractivity contribution in [2.75, 3.05) is 13.2 Å². The lowest BCUT2D eigenvalue weighted by atomic mass is 10.0. The van der Waals surface area contributed by atoms with Crippen molar-refractivity contribution >= 4 is 0 Å². The van der Waals surface area contributed by atoms with Crippen molar-refractivity contribution in [1.29, 1.82) is 0 Å². The highest BCUT2D eigenvalue weighted by Gasteiger charge is 2.86. The minimum absolute atomic E-state index is 0. The number of rotatable bonds is 14. The molecule has 0 aliphatic rings. The first-order valence-electron chi connectivity index (χ1n) is 13.3. The van der Waals surface area contributed by atoms with Crippen molar-refractivity contribution in [3.63, 3.8) is 0 Å². The van der Waals surface area contributed by atoms with Crippen LogP contribution in [0.4, 0.5) is 79.0 Å². The lowest BCUT2D eigenvalue weighted by molar-refractivity contribution is -0.457. The first kappa shape index (κ1) is 51.5. The third-order valence-corrected chi connectivity index (χ3v) is 5.76. The predicted octanol–water partition coefficient (Wildman–Crippen LogP) is 11.2. The summed E-state index contributed by atoms with van der Waals surface area (Å²) in [5.74, 6) is 0. The maximum atomic E-state index is 12.5. The average Bonchev–Trinajstić information content (AvgIpc) is 2.81. The van der Waals surface area contributed by atoms with Crippen molar-refractivity contribution in [2.24, 2.45) is 0 Å². The van der Waals surface area contributed by atoms with Crippen LogP contribution in [0.5, 0.6) is 0 Å². The van der Waals surface area contributed by atoms with Crippen LogP contribution in [-0.4, -0.2) is 71.7 Å². The van der Waals surface area contributed by atoms with Gasteiger partial charge in [-0.05, 0) is 12.8 Å². The van der Waals surface area contributed by atoms with Crippen LogP contribution < -0.4 is 0 Å². The summed E-state index contributed by atoms with van der Waals surface area (Å²) in [6, 6.07) is 0. The number of halogens is 18. The largest absolute Gasteiger partial charge is 0.435 e. The summed E-state index contributed by atoms with van der Waals surface area (Å²) in [6.07, 6.45) is -30.3.